The van der Waals surface area contributed by atoms with E-state index >= 15 is 0 Å². The SMILES string of the molecule is Cc1ccc(CNC(=O)c2nc(C(=O)Nc3cc(C)on3)c3n2CCCC3)cc1. The van der Waals surface area contributed by atoms with Gasteiger partial charge in [-0.25, -0.2) is 4.98 Å². The Kier molecular flexibility index (Phi) is 5.16. The van der Waals surface area contributed by atoms with E-state index in [-0.39, 0.29) is 23.3 Å². The van der Waals surface area contributed by atoms with Gasteiger partial charge in [-0.05, 0) is 38.7 Å². The zero-order chi connectivity index (χ0) is 20.4. The van der Waals surface area contributed by atoms with Gasteiger partial charge in [0.2, 0.25) is 0 Å². The number of amides is 2. The third-order valence-electron chi connectivity index (χ3n) is 4.98. The van der Waals surface area contributed by atoms with Crippen LogP contribution in [0, 0.1) is 13.8 Å². The molecule has 0 bridgehead atoms. The molecule has 0 saturated carbocycles. The number of hydrogen-bond donors (Lipinski definition) is 2. The first kappa shape index (κ1) is 18.9. The molecule has 2 N–H and O–H groups in total. The van der Waals surface area contributed by atoms with Gasteiger partial charge >= 0.3 is 0 Å². The molecule has 2 amide bonds. The number of nitrogens with one attached hydrogen (secondary N) is 2. The van der Waals surface area contributed by atoms with Crippen molar-refractivity contribution in [3.63, 3.8) is 0 Å². The van der Waals surface area contributed by atoms with E-state index in [2.05, 4.69) is 20.8 Å². The Morgan fingerprint density at radius 2 is 1.93 bits per heavy atom. The van der Waals surface area contributed by atoms with Gasteiger partial charge in [0.15, 0.2) is 17.3 Å². The first-order valence-corrected chi connectivity index (χ1v) is 9.69. The summed E-state index contributed by atoms with van der Waals surface area (Å²) in [5.41, 5.74) is 3.23. The highest BCUT2D eigenvalue weighted by Crippen LogP contribution is 2.22. The van der Waals surface area contributed by atoms with E-state index in [9.17, 15) is 9.59 Å². The number of imidazole rings is 1. The van der Waals surface area contributed by atoms with Crippen LogP contribution in [0.5, 0.6) is 0 Å². The summed E-state index contributed by atoms with van der Waals surface area (Å²) in [7, 11) is 0. The van der Waals surface area contributed by atoms with Crippen LogP contribution in [0.15, 0.2) is 34.9 Å². The fourth-order valence-electron chi connectivity index (χ4n) is 3.47. The zero-order valence-electron chi connectivity index (χ0n) is 16.5. The molecule has 1 aromatic carbocycles. The third kappa shape index (κ3) is 4.06. The summed E-state index contributed by atoms with van der Waals surface area (Å²) in [6, 6.07) is 9.61. The van der Waals surface area contributed by atoms with Crippen LogP contribution in [-0.2, 0) is 19.5 Å². The minimum Gasteiger partial charge on any atom is -0.360 e. The molecule has 0 spiro atoms. The monoisotopic (exact) mass is 393 g/mol. The topological polar surface area (TPSA) is 102 Å². The number of carbonyl (C=O) groups is 2. The summed E-state index contributed by atoms with van der Waals surface area (Å²) in [6.45, 7) is 4.84. The van der Waals surface area contributed by atoms with Crippen molar-refractivity contribution >= 4 is 17.6 Å². The summed E-state index contributed by atoms with van der Waals surface area (Å²) in [5, 5.41) is 9.39. The maximum absolute atomic E-state index is 12.8. The smallest absolute Gasteiger partial charge is 0.287 e. The number of hydrogen-bond acceptors (Lipinski definition) is 5. The lowest BCUT2D eigenvalue weighted by molar-refractivity contribution is 0.0935. The van der Waals surface area contributed by atoms with Crippen LogP contribution >= 0.6 is 0 Å². The van der Waals surface area contributed by atoms with Gasteiger partial charge in [-0.2, -0.15) is 0 Å². The molecule has 1 aliphatic heterocycles. The predicted molar refractivity (Wildman–Crippen MR) is 107 cm³/mol. The molecule has 8 heteroatoms. The first-order chi connectivity index (χ1) is 14.0. The summed E-state index contributed by atoms with van der Waals surface area (Å²) >= 11 is 0. The van der Waals surface area contributed by atoms with Crippen molar-refractivity contribution in [1.29, 1.82) is 0 Å². The van der Waals surface area contributed by atoms with Crippen molar-refractivity contribution in [2.24, 2.45) is 0 Å². The molecule has 3 aromatic rings. The van der Waals surface area contributed by atoms with E-state index < -0.39 is 0 Å². The molecular formula is C21H23N5O3. The van der Waals surface area contributed by atoms with Gasteiger partial charge in [0.25, 0.3) is 11.8 Å². The molecule has 0 unspecified atom stereocenters. The maximum atomic E-state index is 12.8. The number of aromatic nitrogens is 3. The lowest BCUT2D eigenvalue weighted by Gasteiger charge is -2.17. The third-order valence-corrected chi connectivity index (χ3v) is 4.98. The van der Waals surface area contributed by atoms with Crippen LogP contribution in [0.25, 0.3) is 0 Å². The molecule has 0 atom stereocenters. The van der Waals surface area contributed by atoms with Crippen molar-refractivity contribution in [3.8, 4) is 0 Å². The van der Waals surface area contributed by atoms with Crippen molar-refractivity contribution in [1.82, 2.24) is 20.0 Å². The second-order valence-electron chi connectivity index (χ2n) is 7.28. The number of aryl methyl sites for hydroxylation is 2. The molecule has 4 rings (SSSR count). The molecule has 0 aliphatic carbocycles. The fourth-order valence-corrected chi connectivity index (χ4v) is 3.47. The summed E-state index contributed by atoms with van der Waals surface area (Å²) < 4.78 is 6.84. The minimum atomic E-state index is -0.387. The molecule has 1 aliphatic rings. The number of benzene rings is 1. The predicted octanol–water partition coefficient (Wildman–Crippen LogP) is 3.01. The highest BCUT2D eigenvalue weighted by Gasteiger charge is 2.27. The summed E-state index contributed by atoms with van der Waals surface area (Å²) in [6.07, 6.45) is 2.61. The average Bonchev–Trinajstić information content (AvgIpc) is 3.31. The van der Waals surface area contributed by atoms with Crippen LogP contribution in [0.3, 0.4) is 0 Å². The van der Waals surface area contributed by atoms with E-state index in [1.165, 1.54) is 5.56 Å². The second-order valence-corrected chi connectivity index (χ2v) is 7.28. The Hall–Kier alpha value is -3.42. The Balaban J connectivity index is 1.54. The van der Waals surface area contributed by atoms with E-state index in [0.29, 0.717) is 31.1 Å². The number of anilines is 1. The molecule has 29 heavy (non-hydrogen) atoms. The van der Waals surface area contributed by atoms with Gasteiger partial charge in [-0.1, -0.05) is 35.0 Å². The summed E-state index contributed by atoms with van der Waals surface area (Å²) in [5.74, 6) is 0.527. The zero-order valence-corrected chi connectivity index (χ0v) is 16.5. The highest BCUT2D eigenvalue weighted by atomic mass is 16.5. The van der Waals surface area contributed by atoms with Gasteiger partial charge < -0.3 is 19.7 Å². The molecule has 0 saturated heterocycles. The van der Waals surface area contributed by atoms with Gasteiger partial charge in [0.05, 0.1) is 5.69 Å². The lowest BCUT2D eigenvalue weighted by atomic mass is 10.1. The number of carbonyl (C=O) groups excluding carboxylic acids is 2. The Morgan fingerprint density at radius 3 is 2.66 bits per heavy atom. The lowest BCUT2D eigenvalue weighted by Crippen LogP contribution is -2.27. The van der Waals surface area contributed by atoms with Crippen LogP contribution in [0.4, 0.5) is 5.82 Å². The number of fused-ring (bicyclic) bond motifs is 1. The van der Waals surface area contributed by atoms with Gasteiger partial charge in [0.1, 0.15) is 5.76 Å². The van der Waals surface area contributed by atoms with Gasteiger partial charge in [0, 0.05) is 19.2 Å². The normalized spacial score (nSPS) is 13.0. The number of rotatable bonds is 5. The molecule has 0 fully saturated rings. The summed E-state index contributed by atoms with van der Waals surface area (Å²) in [4.78, 5) is 29.9. The molecule has 3 heterocycles. The molecule has 2 aromatic heterocycles. The molecule has 0 radical (unpaired) electrons. The fraction of sp³-hybridized carbons (Fsp3) is 0.333. The van der Waals surface area contributed by atoms with Crippen molar-refractivity contribution < 1.29 is 14.1 Å². The minimum absolute atomic E-state index is 0.269. The Labute approximate surface area is 168 Å². The highest BCUT2D eigenvalue weighted by molar-refractivity contribution is 6.04. The Morgan fingerprint density at radius 1 is 1.14 bits per heavy atom. The maximum Gasteiger partial charge on any atom is 0.287 e. The van der Waals surface area contributed by atoms with Crippen molar-refractivity contribution in [3.05, 3.63) is 64.4 Å². The van der Waals surface area contributed by atoms with Crippen LogP contribution in [0.2, 0.25) is 0 Å². The van der Waals surface area contributed by atoms with E-state index in [1.54, 1.807) is 13.0 Å². The van der Waals surface area contributed by atoms with E-state index in [4.69, 9.17) is 4.52 Å². The van der Waals surface area contributed by atoms with E-state index in [0.717, 1.165) is 24.1 Å². The van der Waals surface area contributed by atoms with Gasteiger partial charge in [-0.3, -0.25) is 9.59 Å². The largest absolute Gasteiger partial charge is 0.360 e. The van der Waals surface area contributed by atoms with Crippen LogP contribution < -0.4 is 10.6 Å². The first-order valence-electron chi connectivity index (χ1n) is 9.69. The second kappa shape index (κ2) is 7.90. The average molecular weight is 393 g/mol. The standard InChI is InChI=1S/C21H23N5O3/c1-13-6-8-15(9-7-13)12-22-21(28)19-24-18(16-5-3-4-10-26(16)19)20(27)23-17-11-14(2)29-25-17/h6-9,11H,3-5,10,12H2,1-2H3,(H,22,28)(H,23,25,27). The molecule has 150 valence electrons. The number of nitrogens with zero attached hydrogens (tertiary/aromatic N) is 3. The van der Waals surface area contributed by atoms with E-state index in [1.807, 2.05) is 35.8 Å². The molecule has 8 nitrogen and oxygen atoms in total. The van der Waals surface area contributed by atoms with Crippen molar-refractivity contribution in [2.45, 2.75) is 46.2 Å². The van der Waals surface area contributed by atoms with Crippen molar-refractivity contribution in [2.75, 3.05) is 5.32 Å². The molecular weight excluding hydrogens is 370 g/mol. The van der Waals surface area contributed by atoms with Crippen LogP contribution in [-0.4, -0.2) is 26.5 Å². The van der Waals surface area contributed by atoms with Crippen LogP contribution in [0.1, 0.15) is 56.5 Å². The van der Waals surface area contributed by atoms with Gasteiger partial charge in [-0.15, -0.1) is 0 Å². The Bertz CT molecular complexity index is 1050. The quantitative estimate of drug-likeness (QED) is 0.694.